The van der Waals surface area contributed by atoms with Gasteiger partial charge in [-0.05, 0) is 56.9 Å². The van der Waals surface area contributed by atoms with Crippen LogP contribution in [-0.2, 0) is 17.6 Å². The fourth-order valence-electron chi connectivity index (χ4n) is 3.21. The molecule has 0 unspecified atom stereocenters. The number of carbonyl (C=O) groups is 1. The van der Waals surface area contributed by atoms with E-state index in [9.17, 15) is 9.59 Å². The molecule has 0 radical (unpaired) electrons. The zero-order valence-electron chi connectivity index (χ0n) is 17.0. The first-order valence-electron chi connectivity index (χ1n) is 9.60. The Morgan fingerprint density at radius 1 is 1.30 bits per heavy atom. The van der Waals surface area contributed by atoms with Gasteiger partial charge < -0.3 is 14.5 Å². The van der Waals surface area contributed by atoms with Gasteiger partial charge in [0.1, 0.15) is 10.7 Å². The second-order valence-corrected chi connectivity index (χ2v) is 8.43. The van der Waals surface area contributed by atoms with Crippen LogP contribution < -0.4 is 20.5 Å². The van der Waals surface area contributed by atoms with Crippen LogP contribution in [0.4, 0.5) is 0 Å². The van der Waals surface area contributed by atoms with Gasteiger partial charge in [0.15, 0.2) is 11.5 Å². The predicted octanol–water partition coefficient (Wildman–Crippen LogP) is 3.00. The number of H-pyrrole nitrogens is 1. The Hall–Kier alpha value is -3.20. The lowest BCUT2D eigenvalue weighted by Crippen LogP contribution is -2.24. The molecule has 0 spiro atoms. The molecule has 0 saturated heterocycles. The lowest BCUT2D eigenvalue weighted by molar-refractivity contribution is -0.120. The van der Waals surface area contributed by atoms with Crippen LogP contribution in [0.2, 0.25) is 0 Å². The van der Waals surface area contributed by atoms with E-state index in [1.54, 1.807) is 0 Å². The number of ether oxygens (including phenoxy) is 2. The minimum absolute atomic E-state index is 0.0416. The summed E-state index contributed by atoms with van der Waals surface area (Å²) in [4.78, 5) is 33.4. The Labute approximate surface area is 176 Å². The molecule has 0 saturated carbocycles. The lowest BCUT2D eigenvalue weighted by atomic mass is 10.1. The Kier molecular flexibility index (Phi) is 5.54. The van der Waals surface area contributed by atoms with Crippen LogP contribution in [0, 0.1) is 13.8 Å². The summed E-state index contributed by atoms with van der Waals surface area (Å²) in [6.07, 6.45) is 1.42. The normalized spacial score (nSPS) is 13.1. The average Bonchev–Trinajstić information content (AvgIpc) is 3.28. The Bertz CT molecular complexity index is 1210. The number of benzene rings is 1. The summed E-state index contributed by atoms with van der Waals surface area (Å²) < 4.78 is 10.7. The van der Waals surface area contributed by atoms with Gasteiger partial charge in [-0.2, -0.15) is 5.10 Å². The second kappa shape index (κ2) is 8.27. The summed E-state index contributed by atoms with van der Waals surface area (Å²) in [7, 11) is 0. The molecule has 2 aromatic heterocycles. The van der Waals surface area contributed by atoms with Gasteiger partial charge in [-0.1, -0.05) is 6.07 Å². The molecule has 9 heteroatoms. The van der Waals surface area contributed by atoms with Gasteiger partial charge in [-0.15, -0.1) is 11.3 Å². The van der Waals surface area contributed by atoms with E-state index in [-0.39, 0.29) is 24.7 Å². The number of amides is 1. The van der Waals surface area contributed by atoms with Gasteiger partial charge in [0.25, 0.3) is 5.56 Å². The lowest BCUT2D eigenvalue weighted by Gasteiger charge is -2.05. The van der Waals surface area contributed by atoms with E-state index in [0.29, 0.717) is 22.5 Å². The van der Waals surface area contributed by atoms with Gasteiger partial charge >= 0.3 is 0 Å². The maximum atomic E-state index is 12.3. The highest BCUT2D eigenvalue weighted by atomic mass is 32.1. The van der Waals surface area contributed by atoms with Crippen LogP contribution in [0.15, 0.2) is 28.1 Å². The Balaban J connectivity index is 1.34. The molecule has 1 aromatic carbocycles. The van der Waals surface area contributed by atoms with E-state index in [1.165, 1.54) is 11.3 Å². The van der Waals surface area contributed by atoms with Crippen molar-refractivity contribution in [2.24, 2.45) is 5.10 Å². The van der Waals surface area contributed by atoms with Gasteiger partial charge in [0, 0.05) is 10.6 Å². The number of hydrazone groups is 1. The third kappa shape index (κ3) is 4.20. The number of aryl methyl sites for hydroxylation is 3. The third-order valence-corrected chi connectivity index (χ3v) is 6.10. The number of nitrogens with one attached hydrogen (secondary N) is 2. The molecular formula is C21H22N4O4S. The van der Waals surface area contributed by atoms with E-state index in [0.717, 1.165) is 39.6 Å². The van der Waals surface area contributed by atoms with Crippen LogP contribution >= 0.6 is 11.3 Å². The number of aromatic nitrogens is 2. The Morgan fingerprint density at radius 2 is 2.10 bits per heavy atom. The molecule has 0 bridgehead atoms. The number of aromatic amines is 1. The van der Waals surface area contributed by atoms with Crippen LogP contribution in [0.25, 0.3) is 10.2 Å². The quantitative estimate of drug-likeness (QED) is 0.466. The summed E-state index contributed by atoms with van der Waals surface area (Å²) in [5, 5.41) is 4.75. The molecule has 1 aliphatic heterocycles. The number of fused-ring (bicyclic) bond motifs is 2. The van der Waals surface area contributed by atoms with E-state index in [2.05, 4.69) is 20.5 Å². The Morgan fingerprint density at radius 3 is 2.93 bits per heavy atom. The highest BCUT2D eigenvalue weighted by molar-refractivity contribution is 7.18. The minimum atomic E-state index is -0.329. The van der Waals surface area contributed by atoms with Gasteiger partial charge in [0.2, 0.25) is 12.7 Å². The van der Waals surface area contributed by atoms with Crippen molar-refractivity contribution in [2.45, 2.75) is 40.0 Å². The van der Waals surface area contributed by atoms with Crippen LogP contribution in [0.5, 0.6) is 11.5 Å². The summed E-state index contributed by atoms with van der Waals surface area (Å²) in [5.74, 6) is 1.52. The number of nitrogens with zero attached hydrogens (tertiary/aromatic N) is 2. The summed E-state index contributed by atoms with van der Waals surface area (Å²) in [6.45, 7) is 5.97. The summed E-state index contributed by atoms with van der Waals surface area (Å²) in [5.41, 5.74) is 5.16. The van der Waals surface area contributed by atoms with Gasteiger partial charge in [-0.3, -0.25) is 9.59 Å². The number of thiophene rings is 1. The van der Waals surface area contributed by atoms with Gasteiger partial charge in [-0.25, -0.2) is 10.4 Å². The van der Waals surface area contributed by atoms with Crippen molar-refractivity contribution >= 4 is 33.2 Å². The molecule has 0 aliphatic carbocycles. The van der Waals surface area contributed by atoms with Crippen LogP contribution in [-0.4, -0.2) is 28.4 Å². The molecule has 156 valence electrons. The molecule has 0 fully saturated rings. The van der Waals surface area contributed by atoms with E-state index in [4.69, 9.17) is 9.47 Å². The third-order valence-electron chi connectivity index (χ3n) is 5.00. The minimum Gasteiger partial charge on any atom is -0.454 e. The number of carbonyl (C=O) groups excluding carboxylic acids is 1. The molecule has 4 rings (SSSR count). The highest BCUT2D eigenvalue weighted by Gasteiger charge is 2.14. The van der Waals surface area contributed by atoms with E-state index in [1.807, 2.05) is 39.0 Å². The maximum Gasteiger partial charge on any atom is 0.259 e. The fraction of sp³-hybridized carbons (Fsp3) is 0.333. The van der Waals surface area contributed by atoms with E-state index < -0.39 is 0 Å². The van der Waals surface area contributed by atoms with Crippen molar-refractivity contribution in [1.82, 2.24) is 15.4 Å². The molecule has 30 heavy (non-hydrogen) atoms. The molecule has 3 heterocycles. The van der Waals surface area contributed by atoms with Crippen LogP contribution in [0.1, 0.15) is 35.2 Å². The number of hydrogen-bond donors (Lipinski definition) is 2. The first-order valence-corrected chi connectivity index (χ1v) is 10.4. The van der Waals surface area contributed by atoms with Crippen LogP contribution in [0.3, 0.4) is 0 Å². The SMILES string of the molecule is C/C(CCc1ccc2c(c1)OCO2)=N\NC(=O)Cc1nc2sc(C)c(C)c2c(=O)[nH]1. The van der Waals surface area contributed by atoms with Crippen molar-refractivity contribution in [3.63, 3.8) is 0 Å². The fourth-order valence-corrected chi connectivity index (χ4v) is 4.26. The topological polar surface area (TPSA) is 106 Å². The van der Waals surface area contributed by atoms with E-state index >= 15 is 0 Å². The average molecular weight is 426 g/mol. The monoisotopic (exact) mass is 426 g/mol. The second-order valence-electron chi connectivity index (χ2n) is 7.22. The van der Waals surface area contributed by atoms with Crippen molar-refractivity contribution in [3.8, 4) is 11.5 Å². The summed E-state index contributed by atoms with van der Waals surface area (Å²) in [6, 6.07) is 5.85. The number of hydrogen-bond acceptors (Lipinski definition) is 7. The highest BCUT2D eigenvalue weighted by Crippen LogP contribution is 2.32. The zero-order valence-corrected chi connectivity index (χ0v) is 17.8. The number of rotatable bonds is 6. The maximum absolute atomic E-state index is 12.3. The van der Waals surface area contributed by atoms with Gasteiger partial charge in [0.05, 0.1) is 11.8 Å². The molecule has 1 amide bonds. The molecular weight excluding hydrogens is 404 g/mol. The predicted molar refractivity (Wildman–Crippen MR) is 116 cm³/mol. The van der Waals surface area contributed by atoms with Crippen molar-refractivity contribution in [3.05, 3.63) is 50.4 Å². The summed E-state index contributed by atoms with van der Waals surface area (Å²) >= 11 is 1.46. The first kappa shape index (κ1) is 20.1. The molecule has 1 aliphatic rings. The largest absolute Gasteiger partial charge is 0.454 e. The van der Waals surface area contributed by atoms with Crippen molar-refractivity contribution in [2.75, 3.05) is 6.79 Å². The molecule has 0 atom stereocenters. The standard InChI is InChI=1S/C21H22N4O4S/c1-11(4-5-14-6-7-15-16(8-14)29-10-28-15)24-25-18(26)9-17-22-20(27)19-12(2)13(3)30-21(19)23-17/h6-8H,4-5,9-10H2,1-3H3,(H,25,26)(H,22,23,27)/b24-11+. The smallest absolute Gasteiger partial charge is 0.259 e. The molecule has 3 aromatic rings. The molecule has 2 N–H and O–H groups in total. The first-order chi connectivity index (χ1) is 14.4. The van der Waals surface area contributed by atoms with Crippen molar-refractivity contribution in [1.29, 1.82) is 0 Å². The molecule has 8 nitrogen and oxygen atoms in total. The zero-order chi connectivity index (χ0) is 21.3. The van der Waals surface area contributed by atoms with Crippen molar-refractivity contribution < 1.29 is 14.3 Å².